The van der Waals surface area contributed by atoms with Gasteiger partial charge in [-0.15, -0.1) is 11.3 Å². The summed E-state index contributed by atoms with van der Waals surface area (Å²) in [5.41, 5.74) is 1.39. The summed E-state index contributed by atoms with van der Waals surface area (Å²) in [6.45, 7) is 2.40. The number of hydrogen-bond acceptors (Lipinski definition) is 6. The van der Waals surface area contributed by atoms with Crippen molar-refractivity contribution in [3.8, 4) is 10.7 Å². The minimum Gasteiger partial charge on any atom is -0.459 e. The van der Waals surface area contributed by atoms with E-state index in [0.717, 1.165) is 5.69 Å². The lowest BCUT2D eigenvalue weighted by atomic mass is 10.3. The van der Waals surface area contributed by atoms with Gasteiger partial charge in [0.25, 0.3) is 11.8 Å². The highest BCUT2D eigenvalue weighted by Crippen LogP contribution is 2.26. The van der Waals surface area contributed by atoms with E-state index >= 15 is 0 Å². The van der Waals surface area contributed by atoms with Gasteiger partial charge in [-0.25, -0.2) is 4.98 Å². The van der Waals surface area contributed by atoms with Crippen molar-refractivity contribution in [1.82, 2.24) is 20.6 Å². The maximum absolute atomic E-state index is 12.3. The van der Waals surface area contributed by atoms with Crippen molar-refractivity contribution in [3.63, 3.8) is 0 Å². The molecule has 0 saturated carbocycles. The molecule has 3 aromatic rings. The van der Waals surface area contributed by atoms with E-state index < -0.39 is 0 Å². The van der Waals surface area contributed by atoms with Gasteiger partial charge in [0.2, 0.25) is 0 Å². The Morgan fingerprint density at radius 3 is 2.60 bits per heavy atom. The Morgan fingerprint density at radius 2 is 1.92 bits per heavy atom. The summed E-state index contributed by atoms with van der Waals surface area (Å²) in [7, 11) is 0. The van der Waals surface area contributed by atoms with Crippen molar-refractivity contribution in [2.45, 2.75) is 6.92 Å². The fourth-order valence-electron chi connectivity index (χ4n) is 2.13. The number of amides is 2. The third kappa shape index (κ3) is 4.10. The zero-order valence-corrected chi connectivity index (χ0v) is 14.3. The molecule has 3 rings (SSSR count). The van der Waals surface area contributed by atoms with E-state index in [-0.39, 0.29) is 17.6 Å². The Bertz CT molecular complexity index is 859. The first-order valence-corrected chi connectivity index (χ1v) is 8.45. The standard InChI is InChI=1S/C17H16N4O3S/c1-11-14(25-17(21-11)12-5-2-3-7-18-12)16(23)20-9-8-19-15(22)13-6-4-10-24-13/h2-7,10H,8-9H2,1H3,(H,19,22)(H,20,23). The second-order valence-corrected chi connectivity index (χ2v) is 6.14. The van der Waals surface area contributed by atoms with Gasteiger partial charge >= 0.3 is 0 Å². The van der Waals surface area contributed by atoms with Gasteiger partial charge in [0.05, 0.1) is 17.7 Å². The molecule has 0 aromatic carbocycles. The van der Waals surface area contributed by atoms with Crippen LogP contribution in [0.15, 0.2) is 47.2 Å². The van der Waals surface area contributed by atoms with Gasteiger partial charge in [-0.2, -0.15) is 0 Å². The first-order chi connectivity index (χ1) is 12.1. The molecule has 128 valence electrons. The molecular formula is C17H16N4O3S. The number of nitrogens with zero attached hydrogens (tertiary/aromatic N) is 2. The number of furan rings is 1. The first kappa shape index (κ1) is 16.8. The van der Waals surface area contributed by atoms with Crippen LogP contribution in [0.4, 0.5) is 0 Å². The monoisotopic (exact) mass is 356 g/mol. The van der Waals surface area contributed by atoms with Crippen LogP contribution < -0.4 is 10.6 Å². The molecule has 0 saturated heterocycles. The fraction of sp³-hybridized carbons (Fsp3) is 0.176. The van der Waals surface area contributed by atoms with Crippen LogP contribution in [0.25, 0.3) is 10.7 Å². The zero-order chi connectivity index (χ0) is 17.6. The van der Waals surface area contributed by atoms with E-state index in [9.17, 15) is 9.59 Å². The molecule has 0 unspecified atom stereocenters. The van der Waals surface area contributed by atoms with Crippen LogP contribution in [-0.4, -0.2) is 34.9 Å². The van der Waals surface area contributed by atoms with Crippen molar-refractivity contribution in [3.05, 3.63) is 59.1 Å². The van der Waals surface area contributed by atoms with E-state index in [1.165, 1.54) is 17.6 Å². The molecule has 25 heavy (non-hydrogen) atoms. The lowest BCUT2D eigenvalue weighted by Crippen LogP contribution is -2.34. The smallest absolute Gasteiger partial charge is 0.287 e. The Balaban J connectivity index is 1.53. The molecule has 3 aromatic heterocycles. The largest absolute Gasteiger partial charge is 0.459 e. The van der Waals surface area contributed by atoms with E-state index in [2.05, 4.69) is 20.6 Å². The average molecular weight is 356 g/mol. The van der Waals surface area contributed by atoms with Gasteiger partial charge in [0.15, 0.2) is 5.76 Å². The lowest BCUT2D eigenvalue weighted by molar-refractivity contribution is 0.0911. The minimum absolute atomic E-state index is 0.218. The maximum Gasteiger partial charge on any atom is 0.287 e. The number of thiazole rings is 1. The maximum atomic E-state index is 12.3. The summed E-state index contributed by atoms with van der Waals surface area (Å²) in [6.07, 6.45) is 3.12. The number of rotatable bonds is 6. The highest BCUT2D eigenvalue weighted by molar-refractivity contribution is 7.17. The third-order valence-electron chi connectivity index (χ3n) is 3.33. The summed E-state index contributed by atoms with van der Waals surface area (Å²) >= 11 is 1.30. The Kier molecular flexibility index (Phi) is 5.20. The Labute approximate surface area is 148 Å². The van der Waals surface area contributed by atoms with E-state index in [1.807, 2.05) is 18.2 Å². The normalized spacial score (nSPS) is 10.4. The predicted octanol–water partition coefficient (Wildman–Crippen LogP) is 2.27. The lowest BCUT2D eigenvalue weighted by Gasteiger charge is -2.05. The molecule has 2 amide bonds. The number of pyridine rings is 1. The van der Waals surface area contributed by atoms with E-state index in [0.29, 0.717) is 28.7 Å². The van der Waals surface area contributed by atoms with E-state index in [1.54, 1.807) is 25.3 Å². The summed E-state index contributed by atoms with van der Waals surface area (Å²) in [4.78, 5) is 33.2. The second kappa shape index (κ2) is 7.71. The molecule has 2 N–H and O–H groups in total. The second-order valence-electron chi connectivity index (χ2n) is 5.14. The van der Waals surface area contributed by atoms with Crippen molar-refractivity contribution in [2.75, 3.05) is 13.1 Å². The number of nitrogens with one attached hydrogen (secondary N) is 2. The number of carbonyl (C=O) groups excluding carboxylic acids is 2. The molecule has 0 spiro atoms. The molecule has 0 aliphatic heterocycles. The number of aryl methyl sites for hydroxylation is 1. The number of hydrogen-bond donors (Lipinski definition) is 2. The van der Waals surface area contributed by atoms with Crippen LogP contribution in [0.5, 0.6) is 0 Å². The molecule has 0 atom stereocenters. The quantitative estimate of drug-likeness (QED) is 0.660. The summed E-state index contributed by atoms with van der Waals surface area (Å²) in [5.74, 6) is -0.292. The molecular weight excluding hydrogens is 340 g/mol. The zero-order valence-electron chi connectivity index (χ0n) is 13.5. The summed E-state index contributed by atoms with van der Waals surface area (Å²) in [6, 6.07) is 8.77. The Hall–Kier alpha value is -3.00. The van der Waals surface area contributed by atoms with Crippen LogP contribution >= 0.6 is 11.3 Å². The molecule has 8 heteroatoms. The number of carbonyl (C=O) groups is 2. The van der Waals surface area contributed by atoms with Gasteiger partial charge in [-0.1, -0.05) is 6.07 Å². The first-order valence-electron chi connectivity index (χ1n) is 7.64. The van der Waals surface area contributed by atoms with Gasteiger partial charge < -0.3 is 15.1 Å². The van der Waals surface area contributed by atoms with Crippen LogP contribution in [0.1, 0.15) is 25.9 Å². The SMILES string of the molecule is Cc1nc(-c2ccccn2)sc1C(=O)NCCNC(=O)c1ccco1. The Morgan fingerprint density at radius 1 is 1.12 bits per heavy atom. The molecule has 0 aliphatic carbocycles. The molecule has 7 nitrogen and oxygen atoms in total. The molecule has 0 fully saturated rings. The van der Waals surface area contributed by atoms with Gasteiger partial charge in [-0.05, 0) is 31.2 Å². The van der Waals surface area contributed by atoms with Gasteiger partial charge in [0.1, 0.15) is 9.88 Å². The van der Waals surface area contributed by atoms with Crippen molar-refractivity contribution >= 4 is 23.2 Å². The van der Waals surface area contributed by atoms with Crippen LogP contribution in [0.2, 0.25) is 0 Å². The molecule has 0 radical (unpaired) electrons. The van der Waals surface area contributed by atoms with Crippen LogP contribution in [-0.2, 0) is 0 Å². The molecule has 0 aliphatic rings. The molecule has 0 bridgehead atoms. The van der Waals surface area contributed by atoms with Crippen LogP contribution in [0.3, 0.4) is 0 Å². The summed E-state index contributed by atoms with van der Waals surface area (Å²) < 4.78 is 4.99. The number of aromatic nitrogens is 2. The van der Waals surface area contributed by atoms with Gasteiger partial charge in [0, 0.05) is 19.3 Å². The predicted molar refractivity (Wildman–Crippen MR) is 93.5 cm³/mol. The molecule has 3 heterocycles. The minimum atomic E-state index is -0.314. The highest BCUT2D eigenvalue weighted by Gasteiger charge is 2.16. The van der Waals surface area contributed by atoms with Crippen molar-refractivity contribution in [1.29, 1.82) is 0 Å². The van der Waals surface area contributed by atoms with Crippen molar-refractivity contribution in [2.24, 2.45) is 0 Å². The van der Waals surface area contributed by atoms with Gasteiger partial charge in [-0.3, -0.25) is 14.6 Å². The van der Waals surface area contributed by atoms with E-state index in [4.69, 9.17) is 4.42 Å². The van der Waals surface area contributed by atoms with Crippen molar-refractivity contribution < 1.29 is 14.0 Å². The fourth-order valence-corrected chi connectivity index (χ4v) is 3.09. The summed E-state index contributed by atoms with van der Waals surface area (Å²) in [5, 5.41) is 6.14. The van der Waals surface area contributed by atoms with Crippen LogP contribution in [0, 0.1) is 6.92 Å². The highest BCUT2D eigenvalue weighted by atomic mass is 32.1. The third-order valence-corrected chi connectivity index (χ3v) is 4.51. The average Bonchev–Trinajstić information content (AvgIpc) is 3.29. The topological polar surface area (TPSA) is 97.1 Å².